The molecule has 0 saturated heterocycles. The van der Waals surface area contributed by atoms with Crippen LogP contribution in [0.5, 0.6) is 11.5 Å². The van der Waals surface area contributed by atoms with Gasteiger partial charge in [-0.25, -0.2) is 0 Å². The molecule has 0 aliphatic heterocycles. The highest BCUT2D eigenvalue weighted by molar-refractivity contribution is 6.16. The minimum atomic E-state index is -0.738. The number of carbonyl (C=O) groups excluding carboxylic acids is 2. The molecule has 0 fully saturated rings. The van der Waals surface area contributed by atoms with Gasteiger partial charge in [0, 0.05) is 5.56 Å². The van der Waals surface area contributed by atoms with Crippen LogP contribution in [0.25, 0.3) is 0 Å². The number of anilines is 1. The number of amides is 1. The number of ether oxygens (including phenoxy) is 2. The molecule has 2 aromatic carbocycles. The Morgan fingerprint density at radius 1 is 1.04 bits per heavy atom. The maximum absolute atomic E-state index is 12.8. The Morgan fingerprint density at radius 3 is 2.13 bits per heavy atom. The van der Waals surface area contributed by atoms with Crippen molar-refractivity contribution in [3.05, 3.63) is 52.6 Å². The van der Waals surface area contributed by atoms with E-state index in [1.807, 2.05) is 19.1 Å². The number of hydrogen-bond donors (Lipinski definition) is 2. The molecule has 6 heteroatoms. The third kappa shape index (κ3) is 2.96. The summed E-state index contributed by atoms with van der Waals surface area (Å²) in [6.45, 7) is 1.92. The van der Waals surface area contributed by atoms with Crippen molar-refractivity contribution in [1.82, 2.24) is 0 Å². The molecule has 0 bridgehead atoms. The van der Waals surface area contributed by atoms with Gasteiger partial charge in [-0.05, 0) is 13.0 Å². The molecule has 0 aromatic heterocycles. The van der Waals surface area contributed by atoms with Crippen molar-refractivity contribution >= 4 is 17.4 Å². The largest absolute Gasteiger partial charge is 0.495 e. The predicted octanol–water partition coefficient (Wildman–Crippen LogP) is 1.92. The van der Waals surface area contributed by atoms with E-state index < -0.39 is 5.91 Å². The number of carbonyl (C=O) groups is 2. The second-order valence-corrected chi connectivity index (χ2v) is 5.01. The summed E-state index contributed by atoms with van der Waals surface area (Å²) in [7, 11) is 2.74. The zero-order valence-electron chi connectivity index (χ0n) is 13.2. The lowest BCUT2D eigenvalue weighted by molar-refractivity contribution is 0.0997. The minimum Gasteiger partial charge on any atom is -0.495 e. The van der Waals surface area contributed by atoms with E-state index in [0.29, 0.717) is 5.56 Å². The first-order valence-electron chi connectivity index (χ1n) is 6.86. The summed E-state index contributed by atoms with van der Waals surface area (Å²) < 4.78 is 10.4. The fraction of sp³-hybridized carbons (Fsp3) is 0.176. The molecule has 0 unspecified atom stereocenters. The van der Waals surface area contributed by atoms with Crippen LogP contribution in [0.3, 0.4) is 0 Å². The highest BCUT2D eigenvalue weighted by Gasteiger charge is 2.26. The monoisotopic (exact) mass is 314 g/mol. The summed E-state index contributed by atoms with van der Waals surface area (Å²) in [4.78, 5) is 24.5. The maximum Gasteiger partial charge on any atom is 0.252 e. The van der Waals surface area contributed by atoms with E-state index in [-0.39, 0.29) is 34.1 Å². The highest BCUT2D eigenvalue weighted by atomic mass is 16.5. The van der Waals surface area contributed by atoms with Gasteiger partial charge in [0.25, 0.3) is 5.91 Å². The summed E-state index contributed by atoms with van der Waals surface area (Å²) in [6, 6.07) is 8.35. The summed E-state index contributed by atoms with van der Waals surface area (Å²) in [5, 5.41) is 0. The van der Waals surface area contributed by atoms with Gasteiger partial charge < -0.3 is 20.9 Å². The molecule has 0 aliphatic rings. The molecule has 1 amide bonds. The zero-order chi connectivity index (χ0) is 17.1. The summed E-state index contributed by atoms with van der Waals surface area (Å²) in [5.74, 6) is -0.879. The third-order valence-electron chi connectivity index (χ3n) is 3.51. The zero-order valence-corrected chi connectivity index (χ0v) is 13.2. The molecule has 4 N–H and O–H groups in total. The molecule has 120 valence electrons. The van der Waals surface area contributed by atoms with Gasteiger partial charge in [0.2, 0.25) is 0 Å². The van der Waals surface area contributed by atoms with Crippen LogP contribution in [-0.4, -0.2) is 25.9 Å². The van der Waals surface area contributed by atoms with Gasteiger partial charge in [0.1, 0.15) is 11.5 Å². The molecular formula is C17H18N2O4. The number of methoxy groups -OCH3 is 2. The van der Waals surface area contributed by atoms with Crippen molar-refractivity contribution in [1.29, 1.82) is 0 Å². The molecular weight excluding hydrogens is 296 g/mol. The lowest BCUT2D eigenvalue weighted by Crippen LogP contribution is -2.17. The fourth-order valence-corrected chi connectivity index (χ4v) is 2.29. The number of primary amides is 1. The molecule has 2 rings (SSSR count). The van der Waals surface area contributed by atoms with E-state index in [2.05, 4.69) is 0 Å². The van der Waals surface area contributed by atoms with E-state index in [1.54, 1.807) is 12.1 Å². The number of nitrogen functional groups attached to an aromatic ring is 1. The molecule has 6 nitrogen and oxygen atoms in total. The average Bonchev–Trinajstić information content (AvgIpc) is 2.54. The molecule has 0 heterocycles. The molecule has 0 radical (unpaired) electrons. The lowest BCUT2D eigenvalue weighted by atomic mass is 9.96. The van der Waals surface area contributed by atoms with Crippen LogP contribution < -0.4 is 20.9 Å². The van der Waals surface area contributed by atoms with Gasteiger partial charge in [-0.2, -0.15) is 0 Å². The first-order chi connectivity index (χ1) is 10.9. The Labute approximate surface area is 134 Å². The van der Waals surface area contributed by atoms with Gasteiger partial charge in [-0.3, -0.25) is 9.59 Å². The van der Waals surface area contributed by atoms with Crippen molar-refractivity contribution in [2.24, 2.45) is 5.73 Å². The first-order valence-corrected chi connectivity index (χ1v) is 6.86. The molecule has 23 heavy (non-hydrogen) atoms. The molecule has 0 aliphatic carbocycles. The Morgan fingerprint density at radius 2 is 1.65 bits per heavy atom. The number of hydrogen-bond acceptors (Lipinski definition) is 5. The predicted molar refractivity (Wildman–Crippen MR) is 87.1 cm³/mol. The van der Waals surface area contributed by atoms with E-state index in [4.69, 9.17) is 20.9 Å². The van der Waals surface area contributed by atoms with Crippen molar-refractivity contribution in [3.63, 3.8) is 0 Å². The lowest BCUT2D eigenvalue weighted by Gasteiger charge is -2.16. The molecule has 0 atom stereocenters. The van der Waals surface area contributed by atoms with Crippen LogP contribution >= 0.6 is 0 Å². The summed E-state index contributed by atoms with van der Waals surface area (Å²) in [5.41, 5.74) is 13.0. The molecule has 0 saturated carbocycles. The van der Waals surface area contributed by atoms with Crippen molar-refractivity contribution in [2.75, 3.05) is 20.0 Å². The van der Waals surface area contributed by atoms with Gasteiger partial charge in [-0.1, -0.05) is 29.8 Å². The van der Waals surface area contributed by atoms with Crippen molar-refractivity contribution < 1.29 is 19.1 Å². The van der Waals surface area contributed by atoms with Crippen molar-refractivity contribution in [2.45, 2.75) is 6.92 Å². The smallest absolute Gasteiger partial charge is 0.252 e. The van der Waals surface area contributed by atoms with Crippen LogP contribution in [0.1, 0.15) is 31.8 Å². The minimum absolute atomic E-state index is 0.0361. The highest BCUT2D eigenvalue weighted by Crippen LogP contribution is 2.37. The van der Waals surface area contributed by atoms with Crippen LogP contribution in [0.2, 0.25) is 0 Å². The van der Waals surface area contributed by atoms with Crippen LogP contribution in [0.15, 0.2) is 30.3 Å². The average molecular weight is 314 g/mol. The van der Waals surface area contributed by atoms with E-state index in [9.17, 15) is 9.59 Å². The third-order valence-corrected chi connectivity index (χ3v) is 3.51. The normalized spacial score (nSPS) is 10.2. The standard InChI is InChI=1S/C17H18N2O4/c1-9-4-6-10(7-5-9)15(20)13-14(18)12(22-2)8-11(17(19)21)16(13)23-3/h4-8H,18H2,1-3H3,(H2,19,21). The number of ketones is 1. The number of benzene rings is 2. The Balaban J connectivity index is 2.73. The summed E-state index contributed by atoms with van der Waals surface area (Å²) in [6.07, 6.45) is 0. The first kappa shape index (κ1) is 16.4. The van der Waals surface area contributed by atoms with Gasteiger partial charge in [0.15, 0.2) is 5.78 Å². The SMILES string of the molecule is COc1cc(C(N)=O)c(OC)c(C(=O)c2ccc(C)cc2)c1N. The van der Waals surface area contributed by atoms with E-state index in [0.717, 1.165) is 5.56 Å². The topological polar surface area (TPSA) is 105 Å². The number of aryl methyl sites for hydroxylation is 1. The van der Waals surface area contributed by atoms with Crippen molar-refractivity contribution in [3.8, 4) is 11.5 Å². The van der Waals surface area contributed by atoms with E-state index in [1.165, 1.54) is 20.3 Å². The second-order valence-electron chi connectivity index (χ2n) is 5.01. The number of nitrogens with two attached hydrogens (primary N) is 2. The quantitative estimate of drug-likeness (QED) is 0.648. The Hall–Kier alpha value is -3.02. The van der Waals surface area contributed by atoms with Crippen LogP contribution in [0.4, 0.5) is 5.69 Å². The second kappa shape index (κ2) is 6.39. The van der Waals surface area contributed by atoms with E-state index >= 15 is 0 Å². The van der Waals surface area contributed by atoms with Crippen LogP contribution in [0, 0.1) is 6.92 Å². The molecule has 0 spiro atoms. The number of rotatable bonds is 5. The fourth-order valence-electron chi connectivity index (χ4n) is 2.29. The Bertz CT molecular complexity index is 767. The van der Waals surface area contributed by atoms with Crippen LogP contribution in [-0.2, 0) is 0 Å². The van der Waals surface area contributed by atoms with Gasteiger partial charge >= 0.3 is 0 Å². The summed E-state index contributed by atoms with van der Waals surface area (Å²) >= 11 is 0. The molecule has 2 aromatic rings. The van der Waals surface area contributed by atoms with Gasteiger partial charge in [-0.15, -0.1) is 0 Å². The Kier molecular flexibility index (Phi) is 4.55. The maximum atomic E-state index is 12.8. The van der Waals surface area contributed by atoms with Gasteiger partial charge in [0.05, 0.1) is 31.0 Å².